The molecule has 0 aliphatic carbocycles. The number of hydrogen-bond acceptors (Lipinski definition) is 2. The molecule has 1 aromatic rings. The predicted molar refractivity (Wildman–Crippen MR) is 77.8 cm³/mol. The third kappa shape index (κ3) is 5.67. The van der Waals surface area contributed by atoms with Gasteiger partial charge in [0.25, 0.3) is 0 Å². The molecular weight excluding hydrogens is 222 g/mol. The van der Waals surface area contributed by atoms with Gasteiger partial charge in [0.1, 0.15) is 0 Å². The van der Waals surface area contributed by atoms with Gasteiger partial charge in [-0.15, -0.1) is 0 Å². The molecule has 0 bridgehead atoms. The quantitative estimate of drug-likeness (QED) is 0.646. The van der Waals surface area contributed by atoms with Crippen LogP contribution in [0.4, 0.5) is 0 Å². The molecule has 1 aromatic heterocycles. The molecule has 0 saturated carbocycles. The topological polar surface area (TPSA) is 29.9 Å². The summed E-state index contributed by atoms with van der Waals surface area (Å²) in [5, 5.41) is 8.02. The fourth-order valence-electron chi connectivity index (χ4n) is 2.23. The highest BCUT2D eigenvalue weighted by atomic mass is 15.3. The summed E-state index contributed by atoms with van der Waals surface area (Å²) in [6, 6.07) is 0.617. The zero-order chi connectivity index (χ0) is 13.2. The lowest BCUT2D eigenvalue weighted by Gasteiger charge is -2.17. The van der Waals surface area contributed by atoms with Crippen molar-refractivity contribution in [1.29, 1.82) is 0 Å². The van der Waals surface area contributed by atoms with Gasteiger partial charge >= 0.3 is 0 Å². The highest BCUT2D eigenvalue weighted by molar-refractivity contribution is 5.06. The lowest BCUT2D eigenvalue weighted by molar-refractivity contribution is 0.456. The van der Waals surface area contributed by atoms with E-state index in [1.54, 1.807) is 0 Å². The molecule has 104 valence electrons. The van der Waals surface area contributed by atoms with E-state index in [4.69, 9.17) is 0 Å². The highest BCUT2D eigenvalue weighted by Crippen LogP contribution is 2.10. The first-order chi connectivity index (χ1) is 8.80. The van der Waals surface area contributed by atoms with Gasteiger partial charge in [-0.05, 0) is 38.3 Å². The third-order valence-electron chi connectivity index (χ3n) is 3.33. The molecule has 1 atom stereocenters. The average molecular weight is 251 g/mol. The van der Waals surface area contributed by atoms with Crippen molar-refractivity contribution in [1.82, 2.24) is 15.1 Å². The maximum Gasteiger partial charge on any atom is 0.0522 e. The highest BCUT2D eigenvalue weighted by Gasteiger charge is 2.09. The monoisotopic (exact) mass is 251 g/mol. The summed E-state index contributed by atoms with van der Waals surface area (Å²) in [5.74, 6) is 0. The maximum absolute atomic E-state index is 4.35. The van der Waals surface area contributed by atoms with E-state index in [0.717, 1.165) is 19.5 Å². The van der Waals surface area contributed by atoms with E-state index in [1.165, 1.54) is 37.7 Å². The number of aryl methyl sites for hydroxylation is 1. The molecule has 0 saturated heterocycles. The SMILES string of the molecule is CCCCCC(Cc1cnn(CC)c1)NCCC. The number of rotatable bonds is 10. The van der Waals surface area contributed by atoms with Crippen LogP contribution in [0.25, 0.3) is 0 Å². The molecule has 1 unspecified atom stereocenters. The van der Waals surface area contributed by atoms with Gasteiger partial charge in [0.05, 0.1) is 6.20 Å². The van der Waals surface area contributed by atoms with Crippen molar-refractivity contribution in [3.8, 4) is 0 Å². The molecule has 1 rings (SSSR count). The van der Waals surface area contributed by atoms with Gasteiger partial charge in [-0.1, -0.05) is 33.1 Å². The second-order valence-corrected chi connectivity index (χ2v) is 5.06. The Hall–Kier alpha value is -0.830. The van der Waals surface area contributed by atoms with Crippen molar-refractivity contribution in [2.45, 2.75) is 71.9 Å². The average Bonchev–Trinajstić information content (AvgIpc) is 2.83. The zero-order valence-electron chi connectivity index (χ0n) is 12.3. The van der Waals surface area contributed by atoms with Crippen LogP contribution in [0.15, 0.2) is 12.4 Å². The molecule has 3 nitrogen and oxygen atoms in total. The first-order valence-electron chi connectivity index (χ1n) is 7.54. The molecule has 0 fully saturated rings. The van der Waals surface area contributed by atoms with E-state index >= 15 is 0 Å². The van der Waals surface area contributed by atoms with E-state index in [-0.39, 0.29) is 0 Å². The number of nitrogens with one attached hydrogen (secondary N) is 1. The van der Waals surface area contributed by atoms with E-state index in [2.05, 4.69) is 37.4 Å². The normalized spacial score (nSPS) is 12.8. The van der Waals surface area contributed by atoms with Crippen LogP contribution in [0, 0.1) is 0 Å². The van der Waals surface area contributed by atoms with Crippen molar-refractivity contribution >= 4 is 0 Å². The zero-order valence-corrected chi connectivity index (χ0v) is 12.3. The number of aromatic nitrogens is 2. The van der Waals surface area contributed by atoms with E-state index < -0.39 is 0 Å². The Morgan fingerprint density at radius 1 is 1.22 bits per heavy atom. The van der Waals surface area contributed by atoms with Crippen LogP contribution in [0.1, 0.15) is 58.4 Å². The summed E-state index contributed by atoms with van der Waals surface area (Å²) in [6.45, 7) is 8.71. The van der Waals surface area contributed by atoms with Gasteiger partial charge in [0.2, 0.25) is 0 Å². The first kappa shape index (κ1) is 15.2. The fraction of sp³-hybridized carbons (Fsp3) is 0.800. The Bertz CT molecular complexity index is 306. The molecule has 0 aromatic carbocycles. The lowest BCUT2D eigenvalue weighted by Crippen LogP contribution is -2.31. The lowest BCUT2D eigenvalue weighted by atomic mass is 10.0. The largest absolute Gasteiger partial charge is 0.314 e. The predicted octanol–water partition coefficient (Wildman–Crippen LogP) is 3.39. The summed E-state index contributed by atoms with van der Waals surface area (Å²) in [4.78, 5) is 0. The Morgan fingerprint density at radius 2 is 2.06 bits per heavy atom. The maximum atomic E-state index is 4.35. The summed E-state index contributed by atoms with van der Waals surface area (Å²) in [5.41, 5.74) is 1.36. The van der Waals surface area contributed by atoms with Crippen LogP contribution in [-0.4, -0.2) is 22.4 Å². The van der Waals surface area contributed by atoms with Gasteiger partial charge in [-0.25, -0.2) is 0 Å². The smallest absolute Gasteiger partial charge is 0.0522 e. The standard InChI is InChI=1S/C15H29N3/c1-4-7-8-9-15(16-10-5-2)11-14-12-17-18(6-3)13-14/h12-13,15-16H,4-11H2,1-3H3. The van der Waals surface area contributed by atoms with Gasteiger partial charge in [-0.2, -0.15) is 5.10 Å². The van der Waals surface area contributed by atoms with Crippen LogP contribution in [-0.2, 0) is 13.0 Å². The van der Waals surface area contributed by atoms with E-state index in [9.17, 15) is 0 Å². The van der Waals surface area contributed by atoms with Crippen LogP contribution >= 0.6 is 0 Å². The van der Waals surface area contributed by atoms with Crippen molar-refractivity contribution in [3.63, 3.8) is 0 Å². The van der Waals surface area contributed by atoms with Crippen LogP contribution in [0.5, 0.6) is 0 Å². The Kier molecular flexibility index (Phi) is 7.74. The van der Waals surface area contributed by atoms with Gasteiger partial charge in [0.15, 0.2) is 0 Å². The van der Waals surface area contributed by atoms with E-state index in [0.29, 0.717) is 6.04 Å². The van der Waals surface area contributed by atoms with Crippen molar-refractivity contribution in [2.24, 2.45) is 0 Å². The fourth-order valence-corrected chi connectivity index (χ4v) is 2.23. The molecule has 1 heterocycles. The van der Waals surface area contributed by atoms with Gasteiger partial charge < -0.3 is 5.32 Å². The first-order valence-corrected chi connectivity index (χ1v) is 7.54. The summed E-state index contributed by atoms with van der Waals surface area (Å²) in [6.07, 6.45) is 11.8. The molecule has 0 radical (unpaired) electrons. The Morgan fingerprint density at radius 3 is 2.67 bits per heavy atom. The molecule has 0 aliphatic rings. The second-order valence-electron chi connectivity index (χ2n) is 5.06. The van der Waals surface area contributed by atoms with Crippen LogP contribution < -0.4 is 5.32 Å². The molecule has 1 N–H and O–H groups in total. The van der Waals surface area contributed by atoms with Crippen LogP contribution in [0.3, 0.4) is 0 Å². The van der Waals surface area contributed by atoms with Crippen molar-refractivity contribution in [3.05, 3.63) is 18.0 Å². The minimum Gasteiger partial charge on any atom is -0.314 e. The molecule has 0 spiro atoms. The molecule has 0 amide bonds. The minimum atomic E-state index is 0.617. The van der Waals surface area contributed by atoms with Crippen LogP contribution in [0.2, 0.25) is 0 Å². The van der Waals surface area contributed by atoms with E-state index in [1.807, 2.05) is 10.9 Å². The third-order valence-corrected chi connectivity index (χ3v) is 3.33. The number of nitrogens with zero attached hydrogens (tertiary/aromatic N) is 2. The van der Waals surface area contributed by atoms with Crippen molar-refractivity contribution in [2.75, 3.05) is 6.54 Å². The second kappa shape index (κ2) is 9.15. The summed E-state index contributed by atoms with van der Waals surface area (Å²) in [7, 11) is 0. The molecular formula is C15H29N3. The minimum absolute atomic E-state index is 0.617. The number of hydrogen-bond donors (Lipinski definition) is 1. The summed E-state index contributed by atoms with van der Waals surface area (Å²) >= 11 is 0. The molecule has 3 heteroatoms. The van der Waals surface area contributed by atoms with Crippen molar-refractivity contribution < 1.29 is 0 Å². The molecule has 18 heavy (non-hydrogen) atoms. The number of unbranched alkanes of at least 4 members (excludes halogenated alkanes) is 2. The van der Waals surface area contributed by atoms with Gasteiger partial charge in [-0.3, -0.25) is 4.68 Å². The Labute approximate surface area is 112 Å². The van der Waals surface area contributed by atoms with Gasteiger partial charge in [0, 0.05) is 18.8 Å². The Balaban J connectivity index is 2.42. The summed E-state index contributed by atoms with van der Waals surface area (Å²) < 4.78 is 2.01. The molecule has 0 aliphatic heterocycles.